The van der Waals surface area contributed by atoms with Gasteiger partial charge in [0.1, 0.15) is 11.3 Å². The van der Waals surface area contributed by atoms with E-state index in [1.807, 2.05) is 0 Å². The molecule has 0 bridgehead atoms. The van der Waals surface area contributed by atoms with Gasteiger partial charge in [0, 0.05) is 5.69 Å². The SMILES string of the molecule is CCCCC(CC)COC(=O)c1cc(N)ccc1OC. The van der Waals surface area contributed by atoms with E-state index in [9.17, 15) is 4.79 Å². The van der Waals surface area contributed by atoms with Crippen LogP contribution in [-0.4, -0.2) is 19.7 Å². The number of benzene rings is 1. The number of nitrogens with two attached hydrogens (primary N) is 1. The molecule has 1 unspecified atom stereocenters. The Morgan fingerprint density at radius 3 is 2.70 bits per heavy atom. The molecular formula is C16H25NO3. The van der Waals surface area contributed by atoms with Crippen molar-refractivity contribution in [2.45, 2.75) is 39.5 Å². The molecule has 0 saturated carbocycles. The highest BCUT2D eigenvalue weighted by Gasteiger charge is 2.16. The van der Waals surface area contributed by atoms with Crippen molar-refractivity contribution in [1.29, 1.82) is 0 Å². The number of unbranched alkanes of at least 4 members (excludes halogenated alkanes) is 1. The molecule has 0 aliphatic carbocycles. The van der Waals surface area contributed by atoms with Gasteiger partial charge in [-0.05, 0) is 30.5 Å². The minimum absolute atomic E-state index is 0.371. The fraction of sp³-hybridized carbons (Fsp3) is 0.562. The lowest BCUT2D eigenvalue weighted by atomic mass is 10.0. The van der Waals surface area contributed by atoms with Crippen molar-refractivity contribution in [1.82, 2.24) is 0 Å². The first-order valence-corrected chi connectivity index (χ1v) is 7.22. The maximum absolute atomic E-state index is 12.1. The number of rotatable bonds is 8. The van der Waals surface area contributed by atoms with Gasteiger partial charge >= 0.3 is 5.97 Å². The summed E-state index contributed by atoms with van der Waals surface area (Å²) in [6.45, 7) is 4.73. The Hall–Kier alpha value is -1.71. The predicted molar refractivity (Wildman–Crippen MR) is 81.0 cm³/mol. The minimum Gasteiger partial charge on any atom is -0.496 e. The number of carbonyl (C=O) groups is 1. The van der Waals surface area contributed by atoms with Crippen LogP contribution in [0.3, 0.4) is 0 Å². The van der Waals surface area contributed by atoms with Gasteiger partial charge in [0.25, 0.3) is 0 Å². The van der Waals surface area contributed by atoms with Crippen molar-refractivity contribution in [3.8, 4) is 5.75 Å². The van der Waals surface area contributed by atoms with Crippen LogP contribution in [0.5, 0.6) is 5.75 Å². The van der Waals surface area contributed by atoms with Crippen molar-refractivity contribution < 1.29 is 14.3 Å². The molecule has 0 aliphatic rings. The normalized spacial score (nSPS) is 11.9. The zero-order valence-corrected chi connectivity index (χ0v) is 12.6. The van der Waals surface area contributed by atoms with E-state index in [1.165, 1.54) is 7.11 Å². The van der Waals surface area contributed by atoms with E-state index in [1.54, 1.807) is 18.2 Å². The van der Waals surface area contributed by atoms with E-state index in [0.717, 1.165) is 25.7 Å². The quantitative estimate of drug-likeness (QED) is 0.583. The summed E-state index contributed by atoms with van der Waals surface area (Å²) in [5.41, 5.74) is 6.62. The van der Waals surface area contributed by atoms with E-state index >= 15 is 0 Å². The fourth-order valence-corrected chi connectivity index (χ4v) is 2.05. The molecule has 0 aromatic heterocycles. The molecule has 20 heavy (non-hydrogen) atoms. The van der Waals surface area contributed by atoms with Crippen LogP contribution in [-0.2, 0) is 4.74 Å². The van der Waals surface area contributed by atoms with E-state index in [-0.39, 0.29) is 5.97 Å². The number of methoxy groups -OCH3 is 1. The van der Waals surface area contributed by atoms with Crippen LogP contribution in [0.25, 0.3) is 0 Å². The van der Waals surface area contributed by atoms with Gasteiger partial charge in [-0.15, -0.1) is 0 Å². The zero-order chi connectivity index (χ0) is 15.0. The smallest absolute Gasteiger partial charge is 0.342 e. The molecule has 0 radical (unpaired) electrons. The molecule has 0 fully saturated rings. The van der Waals surface area contributed by atoms with Crippen LogP contribution < -0.4 is 10.5 Å². The van der Waals surface area contributed by atoms with Gasteiger partial charge in [0.2, 0.25) is 0 Å². The summed E-state index contributed by atoms with van der Waals surface area (Å²) in [5.74, 6) is 0.542. The fourth-order valence-electron chi connectivity index (χ4n) is 2.05. The van der Waals surface area contributed by atoms with E-state index in [2.05, 4.69) is 13.8 Å². The first kappa shape index (κ1) is 16.3. The lowest BCUT2D eigenvalue weighted by Gasteiger charge is -2.15. The van der Waals surface area contributed by atoms with E-state index in [0.29, 0.717) is 29.5 Å². The second-order valence-electron chi connectivity index (χ2n) is 4.97. The Balaban J connectivity index is 2.64. The van der Waals surface area contributed by atoms with Gasteiger partial charge < -0.3 is 15.2 Å². The number of nitrogen functional groups attached to an aromatic ring is 1. The largest absolute Gasteiger partial charge is 0.496 e. The second kappa shape index (κ2) is 8.46. The average molecular weight is 279 g/mol. The summed E-state index contributed by atoms with van der Waals surface area (Å²) in [4.78, 5) is 12.1. The molecule has 4 nitrogen and oxygen atoms in total. The predicted octanol–water partition coefficient (Wildman–Crippen LogP) is 3.65. The Morgan fingerprint density at radius 1 is 1.35 bits per heavy atom. The summed E-state index contributed by atoms with van der Waals surface area (Å²) < 4.78 is 10.6. The third-order valence-electron chi connectivity index (χ3n) is 3.44. The van der Waals surface area contributed by atoms with Crippen LogP contribution in [0, 0.1) is 5.92 Å². The van der Waals surface area contributed by atoms with Crippen LogP contribution in [0.15, 0.2) is 18.2 Å². The molecule has 0 heterocycles. The molecule has 112 valence electrons. The van der Waals surface area contributed by atoms with Gasteiger partial charge in [-0.25, -0.2) is 4.79 Å². The summed E-state index contributed by atoms with van der Waals surface area (Å²) in [5, 5.41) is 0. The molecule has 1 rings (SSSR count). The van der Waals surface area contributed by atoms with Crippen molar-refractivity contribution in [2.75, 3.05) is 19.5 Å². The number of esters is 1. The third-order valence-corrected chi connectivity index (χ3v) is 3.44. The first-order chi connectivity index (χ1) is 9.62. The molecule has 4 heteroatoms. The van der Waals surface area contributed by atoms with Crippen molar-refractivity contribution >= 4 is 11.7 Å². The molecule has 0 aliphatic heterocycles. The lowest BCUT2D eigenvalue weighted by Crippen LogP contribution is -2.15. The monoisotopic (exact) mass is 279 g/mol. The Labute approximate surface area is 121 Å². The topological polar surface area (TPSA) is 61.5 Å². The number of hydrogen-bond acceptors (Lipinski definition) is 4. The average Bonchev–Trinajstić information content (AvgIpc) is 2.47. The van der Waals surface area contributed by atoms with Crippen molar-refractivity contribution in [3.63, 3.8) is 0 Å². The summed E-state index contributed by atoms with van der Waals surface area (Å²) >= 11 is 0. The van der Waals surface area contributed by atoms with Crippen LogP contribution in [0.2, 0.25) is 0 Å². The molecule has 0 amide bonds. The standard InChI is InChI=1S/C16H25NO3/c1-4-6-7-12(5-2)11-20-16(18)14-10-13(17)8-9-15(14)19-3/h8-10,12H,4-7,11,17H2,1-3H3. The summed E-state index contributed by atoms with van der Waals surface area (Å²) in [6, 6.07) is 4.97. The van der Waals surface area contributed by atoms with Crippen LogP contribution in [0.1, 0.15) is 49.9 Å². The highest BCUT2D eigenvalue weighted by molar-refractivity contribution is 5.93. The molecule has 1 atom stereocenters. The summed E-state index contributed by atoms with van der Waals surface area (Å²) in [6.07, 6.45) is 4.43. The molecule has 1 aromatic carbocycles. The van der Waals surface area contributed by atoms with Crippen LogP contribution in [0.4, 0.5) is 5.69 Å². The molecule has 1 aromatic rings. The highest BCUT2D eigenvalue weighted by atomic mass is 16.5. The van der Waals surface area contributed by atoms with Crippen LogP contribution >= 0.6 is 0 Å². The Kier molecular flexibility index (Phi) is 6.91. The van der Waals surface area contributed by atoms with Gasteiger partial charge in [-0.1, -0.05) is 33.1 Å². The second-order valence-corrected chi connectivity index (χ2v) is 4.97. The number of ether oxygens (including phenoxy) is 2. The molecular weight excluding hydrogens is 254 g/mol. The Morgan fingerprint density at radius 2 is 2.10 bits per heavy atom. The van der Waals surface area contributed by atoms with Gasteiger partial charge in [0.15, 0.2) is 0 Å². The minimum atomic E-state index is -0.371. The maximum Gasteiger partial charge on any atom is 0.342 e. The maximum atomic E-state index is 12.1. The lowest BCUT2D eigenvalue weighted by molar-refractivity contribution is 0.0424. The number of carbonyl (C=O) groups excluding carboxylic acids is 1. The molecule has 2 N–H and O–H groups in total. The van der Waals surface area contributed by atoms with Crippen molar-refractivity contribution in [3.05, 3.63) is 23.8 Å². The van der Waals surface area contributed by atoms with Gasteiger partial charge in [0.05, 0.1) is 13.7 Å². The van der Waals surface area contributed by atoms with E-state index in [4.69, 9.17) is 15.2 Å². The van der Waals surface area contributed by atoms with Crippen molar-refractivity contribution in [2.24, 2.45) is 5.92 Å². The van der Waals surface area contributed by atoms with Gasteiger partial charge in [-0.2, -0.15) is 0 Å². The highest BCUT2D eigenvalue weighted by Crippen LogP contribution is 2.22. The first-order valence-electron chi connectivity index (χ1n) is 7.22. The van der Waals surface area contributed by atoms with E-state index < -0.39 is 0 Å². The van der Waals surface area contributed by atoms with Gasteiger partial charge in [-0.3, -0.25) is 0 Å². The summed E-state index contributed by atoms with van der Waals surface area (Å²) in [7, 11) is 1.53. The third kappa shape index (κ3) is 4.76. The molecule has 0 saturated heterocycles. The number of hydrogen-bond donors (Lipinski definition) is 1. The molecule has 0 spiro atoms. The zero-order valence-electron chi connectivity index (χ0n) is 12.6. The number of anilines is 1. The Bertz CT molecular complexity index is 432.